The van der Waals surface area contributed by atoms with Crippen molar-refractivity contribution in [3.63, 3.8) is 0 Å². The summed E-state index contributed by atoms with van der Waals surface area (Å²) in [5, 5.41) is 3.02. The third-order valence-electron chi connectivity index (χ3n) is 5.52. The largest absolute Gasteiger partial charge is 0.487 e. The first-order valence-electron chi connectivity index (χ1n) is 10.6. The number of thiazole rings is 1. The molecule has 1 fully saturated rings. The van der Waals surface area contributed by atoms with Gasteiger partial charge in [-0.15, -0.1) is 11.3 Å². The highest BCUT2D eigenvalue weighted by molar-refractivity contribution is 7.09. The second-order valence-electron chi connectivity index (χ2n) is 7.81. The average Bonchev–Trinajstić information content (AvgIpc) is 3.27. The van der Waals surface area contributed by atoms with Crippen molar-refractivity contribution in [3.05, 3.63) is 63.9 Å². The van der Waals surface area contributed by atoms with Gasteiger partial charge in [0.2, 0.25) is 0 Å². The number of aromatic nitrogens is 3. The van der Waals surface area contributed by atoms with Crippen LogP contribution in [0.2, 0.25) is 0 Å². The molecule has 4 rings (SSSR count). The van der Waals surface area contributed by atoms with Crippen molar-refractivity contribution in [2.45, 2.75) is 63.8 Å². The molecule has 2 heterocycles. The highest BCUT2D eigenvalue weighted by atomic mass is 32.1. The van der Waals surface area contributed by atoms with Gasteiger partial charge in [0.25, 0.3) is 0 Å². The minimum absolute atomic E-state index is 0.112. The van der Waals surface area contributed by atoms with Crippen LogP contribution in [0, 0.1) is 0 Å². The Bertz CT molecular complexity index is 999. The predicted octanol–water partition coefficient (Wildman–Crippen LogP) is 6.20. The normalized spacial score (nSPS) is 19.0. The van der Waals surface area contributed by atoms with Crippen LogP contribution in [0.15, 0.2) is 42.0 Å². The summed E-state index contributed by atoms with van der Waals surface area (Å²) in [7, 11) is 0. The molecular weight excluding hydrogens is 439 g/mol. The first-order chi connectivity index (χ1) is 15.4. The lowest BCUT2D eigenvalue weighted by atomic mass is 9.88. The van der Waals surface area contributed by atoms with Crippen molar-refractivity contribution < 1.29 is 22.6 Å². The minimum Gasteiger partial charge on any atom is -0.487 e. The van der Waals surface area contributed by atoms with Crippen molar-refractivity contribution in [1.82, 2.24) is 15.0 Å². The first kappa shape index (κ1) is 22.5. The summed E-state index contributed by atoms with van der Waals surface area (Å²) in [6.07, 6.45) is 4.06. The molecule has 170 valence electrons. The smallest absolute Gasteiger partial charge is 0.416 e. The molecule has 3 aromatic rings. The minimum atomic E-state index is -4.35. The molecule has 1 aliphatic carbocycles. The van der Waals surface area contributed by atoms with Gasteiger partial charge in [-0.2, -0.15) is 13.2 Å². The molecule has 5 nitrogen and oxygen atoms in total. The Morgan fingerprint density at radius 1 is 1.03 bits per heavy atom. The fourth-order valence-electron chi connectivity index (χ4n) is 3.64. The van der Waals surface area contributed by atoms with Gasteiger partial charge in [-0.1, -0.05) is 6.92 Å². The van der Waals surface area contributed by atoms with Gasteiger partial charge >= 0.3 is 12.2 Å². The molecular formula is C23H24F3N3O2S. The van der Waals surface area contributed by atoms with Crippen LogP contribution in [-0.4, -0.2) is 21.1 Å². The number of hydrogen-bond donors (Lipinski definition) is 0. The Labute approximate surface area is 188 Å². The average molecular weight is 464 g/mol. The third-order valence-corrected chi connectivity index (χ3v) is 6.58. The van der Waals surface area contributed by atoms with E-state index >= 15 is 0 Å². The van der Waals surface area contributed by atoms with Gasteiger partial charge in [0.05, 0.1) is 16.3 Å². The topological polar surface area (TPSA) is 57.1 Å². The molecule has 0 spiro atoms. The van der Waals surface area contributed by atoms with E-state index in [2.05, 4.69) is 21.9 Å². The molecule has 1 aliphatic rings. The summed E-state index contributed by atoms with van der Waals surface area (Å²) >= 11 is 1.60. The summed E-state index contributed by atoms with van der Waals surface area (Å²) in [5.41, 5.74) is 1.18. The van der Waals surface area contributed by atoms with E-state index in [0.717, 1.165) is 60.5 Å². The van der Waals surface area contributed by atoms with Gasteiger partial charge in [0.15, 0.2) is 0 Å². The SMILES string of the molecule is CCc1cnc(OC2CCC(c3nc(COc4ccc(C(F)(F)F)cc4)cs3)CC2)nc1. The monoisotopic (exact) mass is 463 g/mol. The number of rotatable bonds is 7. The number of ether oxygens (including phenoxy) is 2. The fourth-order valence-corrected chi connectivity index (χ4v) is 4.61. The zero-order chi connectivity index (χ0) is 22.6. The van der Waals surface area contributed by atoms with Gasteiger partial charge in [-0.3, -0.25) is 0 Å². The molecule has 0 aliphatic heterocycles. The van der Waals surface area contributed by atoms with Crippen molar-refractivity contribution >= 4 is 11.3 Å². The number of aryl methyl sites for hydroxylation is 1. The Hall–Kier alpha value is -2.68. The summed E-state index contributed by atoms with van der Waals surface area (Å²) < 4.78 is 49.5. The maximum atomic E-state index is 12.6. The van der Waals surface area contributed by atoms with Crippen LogP contribution < -0.4 is 9.47 Å². The van der Waals surface area contributed by atoms with Gasteiger partial charge in [0, 0.05) is 23.7 Å². The van der Waals surface area contributed by atoms with Crippen molar-refractivity contribution in [2.24, 2.45) is 0 Å². The predicted molar refractivity (Wildman–Crippen MR) is 115 cm³/mol. The van der Waals surface area contributed by atoms with Crippen LogP contribution in [0.25, 0.3) is 0 Å². The van der Waals surface area contributed by atoms with E-state index in [1.54, 1.807) is 23.7 Å². The van der Waals surface area contributed by atoms with Crippen molar-refractivity contribution in [2.75, 3.05) is 0 Å². The molecule has 32 heavy (non-hydrogen) atoms. The van der Waals surface area contributed by atoms with E-state index in [9.17, 15) is 13.2 Å². The van der Waals surface area contributed by atoms with Crippen LogP contribution in [0.1, 0.15) is 60.4 Å². The highest BCUT2D eigenvalue weighted by Crippen LogP contribution is 2.36. The van der Waals surface area contributed by atoms with Crippen LogP contribution in [0.5, 0.6) is 11.8 Å². The Kier molecular flexibility index (Phi) is 6.93. The van der Waals surface area contributed by atoms with E-state index in [1.807, 2.05) is 5.38 Å². The Morgan fingerprint density at radius 3 is 2.34 bits per heavy atom. The molecule has 0 saturated heterocycles. The molecule has 0 unspecified atom stereocenters. The van der Waals surface area contributed by atoms with E-state index < -0.39 is 11.7 Å². The molecule has 0 bridgehead atoms. The lowest BCUT2D eigenvalue weighted by molar-refractivity contribution is -0.137. The van der Waals surface area contributed by atoms with Crippen LogP contribution in [-0.2, 0) is 19.2 Å². The molecule has 0 atom stereocenters. The first-order valence-corrected chi connectivity index (χ1v) is 11.5. The second kappa shape index (κ2) is 9.85. The number of benzene rings is 1. The van der Waals surface area contributed by atoms with Gasteiger partial charge < -0.3 is 9.47 Å². The number of halogens is 3. The van der Waals surface area contributed by atoms with E-state index in [4.69, 9.17) is 9.47 Å². The van der Waals surface area contributed by atoms with Gasteiger partial charge in [-0.25, -0.2) is 15.0 Å². The molecule has 9 heteroatoms. The van der Waals surface area contributed by atoms with E-state index in [-0.39, 0.29) is 12.7 Å². The summed E-state index contributed by atoms with van der Waals surface area (Å²) in [6, 6.07) is 5.13. The molecule has 1 saturated carbocycles. The summed E-state index contributed by atoms with van der Waals surface area (Å²) in [4.78, 5) is 13.2. The molecule has 0 amide bonds. The summed E-state index contributed by atoms with van der Waals surface area (Å²) in [5.74, 6) is 0.766. The highest BCUT2D eigenvalue weighted by Gasteiger charge is 2.30. The molecule has 1 aromatic carbocycles. The zero-order valence-electron chi connectivity index (χ0n) is 17.6. The van der Waals surface area contributed by atoms with Crippen LogP contribution >= 0.6 is 11.3 Å². The lowest BCUT2D eigenvalue weighted by Gasteiger charge is -2.27. The Morgan fingerprint density at radius 2 is 1.72 bits per heavy atom. The quantitative estimate of drug-likeness (QED) is 0.418. The molecule has 2 aromatic heterocycles. The maximum absolute atomic E-state index is 12.6. The van der Waals surface area contributed by atoms with Crippen LogP contribution in [0.4, 0.5) is 13.2 Å². The van der Waals surface area contributed by atoms with Crippen LogP contribution in [0.3, 0.4) is 0 Å². The summed E-state index contributed by atoms with van der Waals surface area (Å²) in [6.45, 7) is 2.29. The standard InChI is InChI=1S/C23H24F3N3O2S/c1-2-15-11-27-22(28-12-15)31-20-7-3-16(4-8-20)21-29-18(14-32-21)13-30-19-9-5-17(6-10-19)23(24,25)26/h5-6,9-12,14,16,20H,2-4,7-8,13H2,1H3. The van der Waals surface area contributed by atoms with Crippen molar-refractivity contribution in [3.8, 4) is 11.8 Å². The number of hydrogen-bond acceptors (Lipinski definition) is 6. The zero-order valence-corrected chi connectivity index (χ0v) is 18.5. The van der Waals surface area contributed by atoms with E-state index in [1.165, 1.54) is 12.1 Å². The Balaban J connectivity index is 1.25. The third kappa shape index (κ3) is 5.76. The number of alkyl halides is 3. The van der Waals surface area contributed by atoms with Gasteiger partial charge in [-0.05, 0) is 61.9 Å². The second-order valence-corrected chi connectivity index (χ2v) is 8.70. The fraction of sp³-hybridized carbons (Fsp3) is 0.435. The molecule has 0 N–H and O–H groups in total. The number of nitrogens with zero attached hydrogens (tertiary/aromatic N) is 3. The lowest BCUT2D eigenvalue weighted by Crippen LogP contribution is -2.24. The van der Waals surface area contributed by atoms with Crippen molar-refractivity contribution in [1.29, 1.82) is 0 Å². The van der Waals surface area contributed by atoms with Gasteiger partial charge in [0.1, 0.15) is 18.5 Å². The molecule has 0 radical (unpaired) electrons. The van der Waals surface area contributed by atoms with E-state index in [0.29, 0.717) is 17.7 Å². The maximum Gasteiger partial charge on any atom is 0.416 e.